The van der Waals surface area contributed by atoms with Crippen molar-refractivity contribution in [2.24, 2.45) is 0 Å². The zero-order valence-corrected chi connectivity index (χ0v) is 11.0. The summed E-state index contributed by atoms with van der Waals surface area (Å²) in [4.78, 5) is 22.4. The first-order valence-electron chi connectivity index (χ1n) is 5.90. The fourth-order valence-corrected chi connectivity index (χ4v) is 1.66. The van der Waals surface area contributed by atoms with Gasteiger partial charge in [0.15, 0.2) is 23.3 Å². The van der Waals surface area contributed by atoms with Gasteiger partial charge in [-0.05, 0) is 24.3 Å². The van der Waals surface area contributed by atoms with E-state index in [9.17, 15) is 31.5 Å². The van der Waals surface area contributed by atoms with Crippen LogP contribution in [-0.4, -0.2) is 17.0 Å². The Kier molecular flexibility index (Phi) is 4.30. The van der Waals surface area contributed by atoms with Gasteiger partial charge < -0.3 is 10.4 Å². The molecular weight excluding hydrogens is 325 g/mol. The molecule has 0 aliphatic carbocycles. The molecule has 0 unspecified atom stereocenters. The van der Waals surface area contributed by atoms with Crippen molar-refractivity contribution in [3.63, 3.8) is 0 Å². The van der Waals surface area contributed by atoms with Gasteiger partial charge in [0.05, 0.1) is 5.56 Å². The van der Waals surface area contributed by atoms with Gasteiger partial charge in [0.1, 0.15) is 5.69 Å². The molecule has 2 aromatic carbocycles. The zero-order chi connectivity index (χ0) is 17.3. The highest BCUT2D eigenvalue weighted by atomic mass is 19.2. The molecular formula is C14H6F5NO3. The van der Waals surface area contributed by atoms with E-state index < -0.39 is 46.6 Å². The molecule has 120 valence electrons. The first kappa shape index (κ1) is 16.4. The summed E-state index contributed by atoms with van der Waals surface area (Å²) in [6.07, 6.45) is 0. The third kappa shape index (κ3) is 2.98. The lowest BCUT2D eigenvalue weighted by Gasteiger charge is -2.10. The van der Waals surface area contributed by atoms with E-state index in [-0.39, 0.29) is 11.1 Å². The fourth-order valence-electron chi connectivity index (χ4n) is 1.66. The maximum Gasteiger partial charge on any atom is 0.335 e. The molecule has 1 amide bonds. The minimum atomic E-state index is -2.34. The lowest BCUT2D eigenvalue weighted by Crippen LogP contribution is -2.17. The molecule has 0 heterocycles. The number of anilines is 1. The van der Waals surface area contributed by atoms with E-state index in [1.165, 1.54) is 0 Å². The van der Waals surface area contributed by atoms with Crippen LogP contribution in [0.5, 0.6) is 0 Å². The van der Waals surface area contributed by atoms with Gasteiger partial charge in [0.2, 0.25) is 5.82 Å². The molecule has 4 nitrogen and oxygen atoms in total. The maximum atomic E-state index is 13.4. The van der Waals surface area contributed by atoms with Gasteiger partial charge in [0.25, 0.3) is 5.91 Å². The third-order valence-corrected chi connectivity index (χ3v) is 2.84. The van der Waals surface area contributed by atoms with Crippen molar-refractivity contribution in [1.82, 2.24) is 0 Å². The van der Waals surface area contributed by atoms with Gasteiger partial charge in [0, 0.05) is 5.56 Å². The number of hydrogen-bond acceptors (Lipinski definition) is 2. The van der Waals surface area contributed by atoms with Crippen LogP contribution >= 0.6 is 0 Å². The molecule has 2 N–H and O–H groups in total. The van der Waals surface area contributed by atoms with E-state index in [0.717, 1.165) is 24.3 Å². The van der Waals surface area contributed by atoms with E-state index >= 15 is 0 Å². The van der Waals surface area contributed by atoms with Crippen molar-refractivity contribution < 1.29 is 36.6 Å². The molecule has 2 rings (SSSR count). The van der Waals surface area contributed by atoms with Crippen LogP contribution in [0.15, 0.2) is 24.3 Å². The average Bonchev–Trinajstić information content (AvgIpc) is 2.55. The van der Waals surface area contributed by atoms with Gasteiger partial charge >= 0.3 is 5.97 Å². The van der Waals surface area contributed by atoms with Crippen molar-refractivity contribution in [1.29, 1.82) is 0 Å². The maximum absolute atomic E-state index is 13.4. The number of nitrogens with one attached hydrogen (secondary N) is 1. The van der Waals surface area contributed by atoms with Crippen LogP contribution in [0.1, 0.15) is 20.7 Å². The number of rotatable bonds is 3. The summed E-state index contributed by atoms with van der Waals surface area (Å²) in [7, 11) is 0. The van der Waals surface area contributed by atoms with Crippen molar-refractivity contribution in [2.75, 3.05) is 5.32 Å². The summed E-state index contributed by atoms with van der Waals surface area (Å²) in [6.45, 7) is 0. The zero-order valence-electron chi connectivity index (χ0n) is 11.0. The average molecular weight is 331 g/mol. The van der Waals surface area contributed by atoms with Crippen LogP contribution in [0.25, 0.3) is 0 Å². The second kappa shape index (κ2) is 6.03. The highest BCUT2D eigenvalue weighted by molar-refractivity contribution is 6.04. The first-order valence-corrected chi connectivity index (χ1v) is 5.90. The number of carbonyl (C=O) groups excluding carboxylic acids is 1. The summed E-state index contributed by atoms with van der Waals surface area (Å²) in [6, 6.07) is 4.11. The molecule has 0 aromatic heterocycles. The highest BCUT2D eigenvalue weighted by Gasteiger charge is 2.27. The summed E-state index contributed by atoms with van der Waals surface area (Å²) < 4.78 is 65.8. The Bertz CT molecular complexity index is 776. The van der Waals surface area contributed by atoms with Crippen LogP contribution in [0.4, 0.5) is 27.6 Å². The minimum absolute atomic E-state index is 0.155. The van der Waals surface area contributed by atoms with Gasteiger partial charge in [-0.25, -0.2) is 26.7 Å². The predicted molar refractivity (Wildman–Crippen MR) is 67.6 cm³/mol. The number of aromatic carboxylic acids is 1. The third-order valence-electron chi connectivity index (χ3n) is 2.84. The Hall–Kier alpha value is -2.97. The van der Waals surface area contributed by atoms with E-state index in [2.05, 4.69) is 0 Å². The summed E-state index contributed by atoms with van der Waals surface area (Å²) >= 11 is 0. The normalized spacial score (nSPS) is 10.5. The number of benzene rings is 2. The SMILES string of the molecule is O=C(O)c1ccc(C(=O)Nc2c(F)c(F)c(F)c(F)c2F)cc1. The minimum Gasteiger partial charge on any atom is -0.478 e. The van der Waals surface area contributed by atoms with Crippen LogP contribution in [0.2, 0.25) is 0 Å². The smallest absolute Gasteiger partial charge is 0.335 e. The molecule has 0 bridgehead atoms. The number of carbonyl (C=O) groups is 2. The molecule has 0 saturated carbocycles. The Morgan fingerprint density at radius 3 is 1.57 bits per heavy atom. The monoisotopic (exact) mass is 331 g/mol. The van der Waals surface area contributed by atoms with E-state index in [4.69, 9.17) is 5.11 Å². The van der Waals surface area contributed by atoms with Gasteiger partial charge in [-0.1, -0.05) is 0 Å². The summed E-state index contributed by atoms with van der Waals surface area (Å²) in [5, 5.41) is 10.3. The molecule has 0 radical (unpaired) electrons. The first-order chi connectivity index (χ1) is 10.7. The van der Waals surface area contributed by atoms with Crippen LogP contribution in [0.3, 0.4) is 0 Å². The molecule has 0 fully saturated rings. The van der Waals surface area contributed by atoms with Crippen LogP contribution < -0.4 is 5.32 Å². The quantitative estimate of drug-likeness (QED) is 0.515. The highest BCUT2D eigenvalue weighted by Crippen LogP contribution is 2.27. The largest absolute Gasteiger partial charge is 0.478 e. The van der Waals surface area contributed by atoms with Gasteiger partial charge in [-0.3, -0.25) is 4.79 Å². The van der Waals surface area contributed by atoms with Gasteiger partial charge in [-0.15, -0.1) is 0 Å². The number of amides is 1. The van der Waals surface area contributed by atoms with Crippen LogP contribution in [0, 0.1) is 29.1 Å². The predicted octanol–water partition coefficient (Wildman–Crippen LogP) is 3.33. The number of halogens is 5. The molecule has 2 aromatic rings. The van der Waals surface area contributed by atoms with Gasteiger partial charge in [-0.2, -0.15) is 0 Å². The lowest BCUT2D eigenvalue weighted by atomic mass is 10.1. The molecule has 0 aliphatic rings. The number of hydrogen-bond donors (Lipinski definition) is 2. The molecule has 0 aliphatic heterocycles. The van der Waals surface area contributed by atoms with E-state index in [0.29, 0.717) is 0 Å². The number of carboxylic acids is 1. The Labute approximate surface area is 125 Å². The Balaban J connectivity index is 2.36. The fraction of sp³-hybridized carbons (Fsp3) is 0. The molecule has 0 saturated heterocycles. The van der Waals surface area contributed by atoms with E-state index in [1.54, 1.807) is 5.32 Å². The van der Waals surface area contributed by atoms with Crippen molar-refractivity contribution >= 4 is 17.6 Å². The van der Waals surface area contributed by atoms with Crippen LogP contribution in [-0.2, 0) is 0 Å². The van der Waals surface area contributed by atoms with E-state index in [1.807, 2.05) is 0 Å². The number of carboxylic acid groups (broad SMARTS) is 1. The summed E-state index contributed by atoms with van der Waals surface area (Å²) in [5.41, 5.74) is -1.88. The molecule has 23 heavy (non-hydrogen) atoms. The molecule has 9 heteroatoms. The second-order valence-corrected chi connectivity index (χ2v) is 4.28. The standard InChI is InChI=1S/C14H6F5NO3/c15-7-8(16)10(18)12(11(19)9(7)17)20-13(21)5-1-3-6(4-2-5)14(22)23/h1-4H,(H,20,21)(H,22,23). The second-order valence-electron chi connectivity index (χ2n) is 4.28. The van der Waals surface area contributed by atoms with Crippen molar-refractivity contribution in [2.45, 2.75) is 0 Å². The topological polar surface area (TPSA) is 66.4 Å². The molecule has 0 atom stereocenters. The Morgan fingerprint density at radius 1 is 0.739 bits per heavy atom. The Morgan fingerprint density at radius 2 is 1.13 bits per heavy atom. The summed E-state index contributed by atoms with van der Waals surface area (Å²) in [5.74, 6) is -13.5. The lowest BCUT2D eigenvalue weighted by molar-refractivity contribution is 0.0696. The van der Waals surface area contributed by atoms with Crippen molar-refractivity contribution in [3.8, 4) is 0 Å². The van der Waals surface area contributed by atoms with Crippen molar-refractivity contribution in [3.05, 3.63) is 64.5 Å². The molecule has 0 spiro atoms.